The predicted molar refractivity (Wildman–Crippen MR) is 96.7 cm³/mol. The summed E-state index contributed by atoms with van der Waals surface area (Å²) in [4.78, 5) is 0. The molecule has 0 saturated carbocycles. The van der Waals surface area contributed by atoms with Crippen LogP contribution in [0.1, 0.15) is 42.4 Å². The van der Waals surface area contributed by atoms with Crippen molar-refractivity contribution in [3.8, 4) is 0 Å². The number of hydrogen-bond donors (Lipinski definition) is 0. The first kappa shape index (κ1) is 16.0. The lowest BCUT2D eigenvalue weighted by molar-refractivity contribution is 0.687. The molecule has 21 heavy (non-hydrogen) atoms. The Morgan fingerprint density at radius 1 is 0.762 bits per heavy atom. The second-order valence-electron chi connectivity index (χ2n) is 5.36. The maximum Gasteiger partial charge on any atom is 0.0283 e. The third-order valence-electron chi connectivity index (χ3n) is 3.62. The van der Waals surface area contributed by atoms with Gasteiger partial charge in [-0.2, -0.15) is 0 Å². The van der Waals surface area contributed by atoms with Crippen molar-refractivity contribution in [2.45, 2.75) is 37.4 Å². The molecule has 2 aromatic carbocycles. The number of allylic oxidation sites excluding steroid dienone is 1. The minimum Gasteiger partial charge on any atom is -0.0876 e. The second-order valence-corrected chi connectivity index (χ2v) is 5.92. The molecule has 0 spiro atoms. The zero-order chi connectivity index (χ0) is 14.8. The normalized spacial score (nSPS) is 11.1. The van der Waals surface area contributed by atoms with Crippen LogP contribution in [0.2, 0.25) is 0 Å². The Hall–Kier alpha value is -1.34. The van der Waals surface area contributed by atoms with E-state index in [9.17, 15) is 0 Å². The molecule has 2 rings (SSSR count). The number of halogens is 1. The maximum atomic E-state index is 3.48. The van der Waals surface area contributed by atoms with E-state index < -0.39 is 0 Å². The third-order valence-corrected chi connectivity index (χ3v) is 4.27. The summed E-state index contributed by atoms with van der Waals surface area (Å²) >= 11 is 3.48. The Balaban J connectivity index is 1.58. The van der Waals surface area contributed by atoms with Gasteiger partial charge in [-0.25, -0.2) is 0 Å². The summed E-state index contributed by atoms with van der Waals surface area (Å²) in [5, 5.41) is 0.945. The monoisotopic (exact) mass is 342 g/mol. The van der Waals surface area contributed by atoms with E-state index in [1.807, 2.05) is 0 Å². The molecule has 0 atom stereocenters. The van der Waals surface area contributed by atoms with Crippen LogP contribution < -0.4 is 0 Å². The lowest BCUT2D eigenvalue weighted by Gasteiger charge is -2.02. The number of benzene rings is 2. The minimum atomic E-state index is 0.945. The van der Waals surface area contributed by atoms with Crippen LogP contribution in [-0.4, -0.2) is 0 Å². The smallest absolute Gasteiger partial charge is 0.0283 e. The van der Waals surface area contributed by atoms with Crippen molar-refractivity contribution < 1.29 is 0 Å². The number of rotatable bonds is 8. The van der Waals surface area contributed by atoms with Crippen molar-refractivity contribution in [1.82, 2.24) is 0 Å². The van der Waals surface area contributed by atoms with Crippen molar-refractivity contribution in [1.29, 1.82) is 0 Å². The Morgan fingerprint density at radius 3 is 2.19 bits per heavy atom. The molecule has 0 aromatic heterocycles. The molecular weight excluding hydrogens is 320 g/mol. The van der Waals surface area contributed by atoms with Crippen LogP contribution in [0, 0.1) is 0 Å². The molecule has 0 nitrogen and oxygen atoms in total. The van der Waals surface area contributed by atoms with E-state index in [0.29, 0.717) is 0 Å². The van der Waals surface area contributed by atoms with E-state index >= 15 is 0 Å². The van der Waals surface area contributed by atoms with E-state index in [4.69, 9.17) is 0 Å². The SMILES string of the molecule is BrCc1ccc(CCCCCC=Cc2ccccc2)cc1. The Labute approximate surface area is 137 Å². The standard InChI is InChI=1S/C20H23Br/c21-17-20-15-13-19(14-16-20)12-6-3-1-2-5-9-18-10-7-4-8-11-18/h4-5,7-11,13-16H,1-3,6,12,17H2. The molecule has 0 radical (unpaired) electrons. The topological polar surface area (TPSA) is 0 Å². The summed E-state index contributed by atoms with van der Waals surface area (Å²) in [5.74, 6) is 0. The van der Waals surface area contributed by atoms with Gasteiger partial charge < -0.3 is 0 Å². The van der Waals surface area contributed by atoms with Gasteiger partial charge in [-0.05, 0) is 42.4 Å². The van der Waals surface area contributed by atoms with E-state index in [1.165, 1.54) is 48.8 Å². The predicted octanol–water partition coefficient (Wildman–Crippen LogP) is 6.40. The summed E-state index contributed by atoms with van der Waals surface area (Å²) in [6.45, 7) is 0. The Morgan fingerprint density at radius 2 is 1.48 bits per heavy atom. The van der Waals surface area contributed by atoms with Crippen LogP contribution >= 0.6 is 15.9 Å². The van der Waals surface area contributed by atoms with Gasteiger partial charge in [0.25, 0.3) is 0 Å². The number of aryl methyl sites for hydroxylation is 1. The second kappa shape index (κ2) is 9.57. The number of unbranched alkanes of at least 4 members (excludes halogenated alkanes) is 3. The molecule has 1 heteroatoms. The zero-order valence-electron chi connectivity index (χ0n) is 12.5. The van der Waals surface area contributed by atoms with Crippen LogP contribution in [0.5, 0.6) is 0 Å². The maximum absolute atomic E-state index is 3.48. The molecule has 0 amide bonds. The van der Waals surface area contributed by atoms with Crippen molar-refractivity contribution in [2.24, 2.45) is 0 Å². The van der Waals surface area contributed by atoms with Crippen molar-refractivity contribution >= 4 is 22.0 Å². The third kappa shape index (κ3) is 6.31. The fourth-order valence-corrected chi connectivity index (χ4v) is 2.72. The van der Waals surface area contributed by atoms with Crippen LogP contribution in [0.15, 0.2) is 60.7 Å². The van der Waals surface area contributed by atoms with Gasteiger partial charge in [0.1, 0.15) is 0 Å². The first-order valence-corrected chi connectivity index (χ1v) is 8.86. The van der Waals surface area contributed by atoms with Crippen LogP contribution in [0.25, 0.3) is 6.08 Å². The first-order chi connectivity index (χ1) is 10.4. The van der Waals surface area contributed by atoms with E-state index in [0.717, 1.165) is 5.33 Å². The van der Waals surface area contributed by atoms with E-state index in [2.05, 4.69) is 82.7 Å². The van der Waals surface area contributed by atoms with Gasteiger partial charge in [-0.1, -0.05) is 89.1 Å². The van der Waals surface area contributed by atoms with E-state index in [-0.39, 0.29) is 0 Å². The molecule has 0 N–H and O–H groups in total. The van der Waals surface area contributed by atoms with Crippen molar-refractivity contribution in [3.05, 3.63) is 77.4 Å². The highest BCUT2D eigenvalue weighted by atomic mass is 79.9. The number of hydrogen-bond acceptors (Lipinski definition) is 0. The average Bonchev–Trinajstić information content (AvgIpc) is 2.55. The van der Waals surface area contributed by atoms with Gasteiger partial charge in [0.15, 0.2) is 0 Å². The van der Waals surface area contributed by atoms with Gasteiger partial charge in [0.2, 0.25) is 0 Å². The van der Waals surface area contributed by atoms with Crippen LogP contribution in [0.4, 0.5) is 0 Å². The molecule has 110 valence electrons. The quantitative estimate of drug-likeness (QED) is 0.384. The van der Waals surface area contributed by atoms with Crippen LogP contribution in [-0.2, 0) is 11.8 Å². The van der Waals surface area contributed by atoms with E-state index in [1.54, 1.807) is 0 Å². The van der Waals surface area contributed by atoms with Crippen molar-refractivity contribution in [3.63, 3.8) is 0 Å². The molecule has 0 fully saturated rings. The Kier molecular flexibility index (Phi) is 7.31. The van der Waals surface area contributed by atoms with Gasteiger partial charge >= 0.3 is 0 Å². The minimum absolute atomic E-state index is 0.945. The highest BCUT2D eigenvalue weighted by molar-refractivity contribution is 9.08. The fraction of sp³-hybridized carbons (Fsp3) is 0.300. The average molecular weight is 343 g/mol. The van der Waals surface area contributed by atoms with Gasteiger partial charge in [-0.3, -0.25) is 0 Å². The molecule has 0 aliphatic heterocycles. The molecule has 0 bridgehead atoms. The van der Waals surface area contributed by atoms with Gasteiger partial charge in [-0.15, -0.1) is 0 Å². The molecular formula is C20H23Br. The lowest BCUT2D eigenvalue weighted by atomic mass is 10.0. The molecule has 2 aromatic rings. The largest absolute Gasteiger partial charge is 0.0876 e. The van der Waals surface area contributed by atoms with Gasteiger partial charge in [0.05, 0.1) is 0 Å². The highest BCUT2D eigenvalue weighted by Crippen LogP contribution is 2.12. The lowest BCUT2D eigenvalue weighted by Crippen LogP contribution is -1.86. The molecule has 0 unspecified atom stereocenters. The summed E-state index contributed by atoms with van der Waals surface area (Å²) in [6.07, 6.45) is 10.8. The number of alkyl halides is 1. The molecule has 0 saturated heterocycles. The zero-order valence-corrected chi connectivity index (χ0v) is 14.1. The Bertz CT molecular complexity index is 526. The van der Waals surface area contributed by atoms with Crippen molar-refractivity contribution in [2.75, 3.05) is 0 Å². The molecule has 0 aliphatic carbocycles. The van der Waals surface area contributed by atoms with Gasteiger partial charge in [0, 0.05) is 5.33 Å². The highest BCUT2D eigenvalue weighted by Gasteiger charge is 1.94. The molecule has 0 heterocycles. The van der Waals surface area contributed by atoms with Crippen LogP contribution in [0.3, 0.4) is 0 Å². The first-order valence-electron chi connectivity index (χ1n) is 7.74. The molecule has 0 aliphatic rings. The summed E-state index contributed by atoms with van der Waals surface area (Å²) < 4.78 is 0. The summed E-state index contributed by atoms with van der Waals surface area (Å²) in [7, 11) is 0. The fourth-order valence-electron chi connectivity index (χ4n) is 2.35. The summed E-state index contributed by atoms with van der Waals surface area (Å²) in [5.41, 5.74) is 4.11. The summed E-state index contributed by atoms with van der Waals surface area (Å²) in [6, 6.07) is 19.5.